The van der Waals surface area contributed by atoms with Crippen molar-refractivity contribution in [3.05, 3.63) is 59.4 Å². The number of hydrogen-bond donors (Lipinski definition) is 1. The van der Waals surface area contributed by atoms with Crippen LogP contribution in [0.5, 0.6) is 0 Å². The van der Waals surface area contributed by atoms with E-state index in [2.05, 4.69) is 5.32 Å². The quantitative estimate of drug-likeness (QED) is 0.927. The highest BCUT2D eigenvalue weighted by Crippen LogP contribution is 2.31. The zero-order valence-corrected chi connectivity index (χ0v) is 13.9. The lowest BCUT2D eigenvalue weighted by Gasteiger charge is -2.29. The Morgan fingerprint density at radius 2 is 1.88 bits per heavy atom. The van der Waals surface area contributed by atoms with Gasteiger partial charge >= 0.3 is 0 Å². The average molecular weight is 348 g/mol. The lowest BCUT2D eigenvalue weighted by Crippen LogP contribution is -2.34. The van der Waals surface area contributed by atoms with Gasteiger partial charge in [-0.15, -0.1) is 0 Å². The summed E-state index contributed by atoms with van der Waals surface area (Å²) in [5.74, 6) is -0.791. The summed E-state index contributed by atoms with van der Waals surface area (Å²) in [5.41, 5.74) is 2.36. The zero-order chi connectivity index (χ0) is 17.3. The number of hydrogen-bond acceptors (Lipinski definition) is 3. The van der Waals surface area contributed by atoms with Crippen LogP contribution in [0.15, 0.2) is 42.5 Å². The molecular weight excluding hydrogens is 331 g/mol. The van der Waals surface area contributed by atoms with Gasteiger partial charge in [0.05, 0.1) is 11.9 Å². The highest BCUT2D eigenvalue weighted by atomic mass is 32.2. The van der Waals surface area contributed by atoms with Gasteiger partial charge in [-0.2, -0.15) is 0 Å². The molecule has 0 fully saturated rings. The minimum Gasteiger partial charge on any atom is -0.322 e. The summed E-state index contributed by atoms with van der Waals surface area (Å²) in [6.45, 7) is 0.432. The molecule has 1 aliphatic heterocycles. The molecule has 2 aromatic rings. The maximum atomic E-state index is 12.9. The summed E-state index contributed by atoms with van der Waals surface area (Å²) in [6.07, 6.45) is 2.74. The molecule has 7 heteroatoms. The van der Waals surface area contributed by atoms with Gasteiger partial charge in [0.25, 0.3) is 5.91 Å². The number of aryl methyl sites for hydroxylation is 1. The van der Waals surface area contributed by atoms with Crippen LogP contribution in [0, 0.1) is 5.82 Å². The Labute approximate surface area is 140 Å². The third-order valence-corrected chi connectivity index (χ3v) is 5.11. The molecule has 0 saturated heterocycles. The first-order valence-corrected chi connectivity index (χ1v) is 9.37. The van der Waals surface area contributed by atoms with Crippen LogP contribution in [-0.2, 0) is 16.4 Å². The van der Waals surface area contributed by atoms with Gasteiger partial charge in [0.15, 0.2) is 0 Å². The van der Waals surface area contributed by atoms with Crippen molar-refractivity contribution in [1.29, 1.82) is 0 Å². The molecule has 1 amide bonds. The van der Waals surface area contributed by atoms with E-state index in [1.54, 1.807) is 12.1 Å². The fourth-order valence-electron chi connectivity index (χ4n) is 2.77. The van der Waals surface area contributed by atoms with Gasteiger partial charge in [-0.05, 0) is 54.8 Å². The highest BCUT2D eigenvalue weighted by Gasteiger charge is 2.24. The van der Waals surface area contributed by atoms with Gasteiger partial charge in [0, 0.05) is 17.8 Å². The topological polar surface area (TPSA) is 66.5 Å². The number of nitrogens with zero attached hydrogens (tertiary/aromatic N) is 1. The first kappa shape index (κ1) is 16.4. The number of sulfonamides is 1. The molecule has 2 aromatic carbocycles. The first-order chi connectivity index (χ1) is 11.3. The molecule has 5 nitrogen and oxygen atoms in total. The summed E-state index contributed by atoms with van der Waals surface area (Å²) < 4.78 is 38.2. The molecule has 0 unspecified atom stereocenters. The summed E-state index contributed by atoms with van der Waals surface area (Å²) >= 11 is 0. The standard InChI is InChI=1S/C17H17FN2O3S/c1-24(22,23)20-10-2-3-12-6-9-15(11-16(12)20)19-17(21)13-4-7-14(18)8-5-13/h4-9,11H,2-3,10H2,1H3,(H,19,21). The maximum absolute atomic E-state index is 12.9. The average Bonchev–Trinajstić information content (AvgIpc) is 2.54. The van der Waals surface area contributed by atoms with Gasteiger partial charge in [0.1, 0.15) is 5.82 Å². The van der Waals surface area contributed by atoms with Gasteiger partial charge in [-0.1, -0.05) is 6.07 Å². The van der Waals surface area contributed by atoms with Crippen molar-refractivity contribution in [1.82, 2.24) is 0 Å². The summed E-state index contributed by atoms with van der Waals surface area (Å²) in [7, 11) is -3.36. The number of amides is 1. The van der Waals surface area contributed by atoms with Crippen molar-refractivity contribution in [3.8, 4) is 0 Å². The fourth-order valence-corrected chi connectivity index (χ4v) is 3.76. The van der Waals surface area contributed by atoms with E-state index in [1.165, 1.54) is 34.8 Å². The van der Waals surface area contributed by atoms with E-state index in [-0.39, 0.29) is 5.91 Å². The van der Waals surface area contributed by atoms with Crippen molar-refractivity contribution >= 4 is 27.3 Å². The molecule has 0 saturated carbocycles. The maximum Gasteiger partial charge on any atom is 0.255 e. The van der Waals surface area contributed by atoms with E-state index < -0.39 is 15.8 Å². The van der Waals surface area contributed by atoms with Gasteiger partial charge in [-0.25, -0.2) is 12.8 Å². The number of halogens is 1. The Morgan fingerprint density at radius 3 is 2.54 bits per heavy atom. The Morgan fingerprint density at radius 1 is 1.17 bits per heavy atom. The van der Waals surface area contributed by atoms with E-state index in [1.807, 2.05) is 6.07 Å². The number of fused-ring (bicyclic) bond motifs is 1. The number of anilines is 2. The van der Waals surface area contributed by atoms with E-state index >= 15 is 0 Å². The Bertz CT molecular complexity index is 879. The number of carbonyl (C=O) groups excluding carboxylic acids is 1. The van der Waals surface area contributed by atoms with Crippen LogP contribution in [0.4, 0.5) is 15.8 Å². The molecular formula is C17H17FN2O3S. The smallest absolute Gasteiger partial charge is 0.255 e. The van der Waals surface area contributed by atoms with Crippen molar-refractivity contribution < 1.29 is 17.6 Å². The molecule has 0 aromatic heterocycles. The summed E-state index contributed by atoms with van der Waals surface area (Å²) in [6, 6.07) is 10.5. The molecule has 0 radical (unpaired) electrons. The molecule has 1 aliphatic rings. The van der Waals surface area contributed by atoms with E-state index in [4.69, 9.17) is 0 Å². The van der Waals surface area contributed by atoms with Crippen LogP contribution in [0.3, 0.4) is 0 Å². The van der Waals surface area contributed by atoms with Crippen LogP contribution in [-0.4, -0.2) is 27.1 Å². The van der Waals surface area contributed by atoms with Crippen LogP contribution in [0.1, 0.15) is 22.3 Å². The minimum absolute atomic E-state index is 0.328. The van der Waals surface area contributed by atoms with Crippen molar-refractivity contribution in [2.45, 2.75) is 12.8 Å². The first-order valence-electron chi connectivity index (χ1n) is 7.52. The Kier molecular flexibility index (Phi) is 4.28. The third-order valence-electron chi connectivity index (χ3n) is 3.93. The molecule has 0 aliphatic carbocycles. The van der Waals surface area contributed by atoms with E-state index in [0.29, 0.717) is 23.5 Å². The second-order valence-corrected chi connectivity index (χ2v) is 7.65. The molecule has 0 bridgehead atoms. The highest BCUT2D eigenvalue weighted by molar-refractivity contribution is 7.92. The molecule has 1 heterocycles. The number of carbonyl (C=O) groups is 1. The van der Waals surface area contributed by atoms with Gasteiger partial charge in [0.2, 0.25) is 10.0 Å². The molecule has 126 valence electrons. The van der Waals surface area contributed by atoms with Crippen molar-refractivity contribution in [2.75, 3.05) is 22.4 Å². The predicted molar refractivity (Wildman–Crippen MR) is 91.3 cm³/mol. The molecule has 0 spiro atoms. The van der Waals surface area contributed by atoms with Crippen molar-refractivity contribution in [3.63, 3.8) is 0 Å². The molecule has 1 N–H and O–H groups in total. The van der Waals surface area contributed by atoms with E-state index in [0.717, 1.165) is 18.4 Å². The lowest BCUT2D eigenvalue weighted by atomic mass is 10.0. The SMILES string of the molecule is CS(=O)(=O)N1CCCc2ccc(NC(=O)c3ccc(F)cc3)cc21. The third kappa shape index (κ3) is 3.41. The van der Waals surface area contributed by atoms with Crippen molar-refractivity contribution in [2.24, 2.45) is 0 Å². The Balaban J connectivity index is 1.88. The Hall–Kier alpha value is -2.41. The second kappa shape index (κ2) is 6.24. The van der Waals surface area contributed by atoms with Crippen LogP contribution < -0.4 is 9.62 Å². The molecule has 0 atom stereocenters. The molecule has 3 rings (SSSR count). The van der Waals surface area contributed by atoms with Crippen LogP contribution in [0.25, 0.3) is 0 Å². The summed E-state index contributed by atoms with van der Waals surface area (Å²) in [4.78, 5) is 12.2. The fraction of sp³-hybridized carbons (Fsp3) is 0.235. The minimum atomic E-state index is -3.36. The zero-order valence-electron chi connectivity index (χ0n) is 13.1. The lowest BCUT2D eigenvalue weighted by molar-refractivity contribution is 0.102. The van der Waals surface area contributed by atoms with Crippen LogP contribution in [0.2, 0.25) is 0 Å². The largest absolute Gasteiger partial charge is 0.322 e. The normalized spacial score (nSPS) is 14.2. The predicted octanol–water partition coefficient (Wildman–Crippen LogP) is 2.79. The van der Waals surface area contributed by atoms with E-state index in [9.17, 15) is 17.6 Å². The number of rotatable bonds is 3. The van der Waals surface area contributed by atoms with Gasteiger partial charge in [-0.3, -0.25) is 9.10 Å². The summed E-state index contributed by atoms with van der Waals surface area (Å²) in [5, 5.41) is 2.72. The van der Waals surface area contributed by atoms with Crippen LogP contribution >= 0.6 is 0 Å². The molecule has 24 heavy (non-hydrogen) atoms. The second-order valence-electron chi connectivity index (χ2n) is 5.74. The van der Waals surface area contributed by atoms with Gasteiger partial charge < -0.3 is 5.32 Å². The number of benzene rings is 2. The number of nitrogens with one attached hydrogen (secondary N) is 1. The monoisotopic (exact) mass is 348 g/mol.